The van der Waals surface area contributed by atoms with Gasteiger partial charge in [0.1, 0.15) is 11.2 Å². The van der Waals surface area contributed by atoms with Crippen molar-refractivity contribution in [3.05, 3.63) is 83.9 Å². The zero-order chi connectivity index (χ0) is 24.9. The highest BCUT2D eigenvalue weighted by molar-refractivity contribution is 6.19. The Balaban J connectivity index is 1.29. The first kappa shape index (κ1) is 22.0. The summed E-state index contributed by atoms with van der Waals surface area (Å²) in [6.45, 7) is 6.90. The van der Waals surface area contributed by atoms with Gasteiger partial charge in [-0.1, -0.05) is 75.4 Å². The van der Waals surface area contributed by atoms with Gasteiger partial charge in [0, 0.05) is 16.3 Å². The molecule has 4 aliphatic carbocycles. The molecule has 0 atom stereocenters. The fraction of sp³-hybridized carbons (Fsp3) is 0.389. The van der Waals surface area contributed by atoms with E-state index >= 15 is 0 Å². The number of rotatable bonds is 2. The van der Waals surface area contributed by atoms with Crippen LogP contribution in [0.2, 0.25) is 0 Å². The minimum atomic E-state index is -0.0168. The molecule has 0 aliphatic heterocycles. The van der Waals surface area contributed by atoms with E-state index in [-0.39, 0.29) is 5.41 Å². The fourth-order valence-electron chi connectivity index (χ4n) is 8.85. The molecular formula is C36H36O. The van der Waals surface area contributed by atoms with Gasteiger partial charge in [-0.05, 0) is 113 Å². The minimum absolute atomic E-state index is 0.0168. The van der Waals surface area contributed by atoms with E-state index in [1.165, 1.54) is 76.8 Å². The topological polar surface area (TPSA) is 13.1 Å². The first-order valence-electron chi connectivity index (χ1n) is 14.4. The lowest BCUT2D eigenvalue weighted by atomic mass is 9.48. The van der Waals surface area contributed by atoms with Crippen LogP contribution in [0.1, 0.15) is 70.4 Å². The van der Waals surface area contributed by atoms with E-state index in [1.54, 1.807) is 5.56 Å². The summed E-state index contributed by atoms with van der Waals surface area (Å²) < 4.78 is 6.57. The summed E-state index contributed by atoms with van der Waals surface area (Å²) in [5, 5.41) is 5.01. The Labute approximate surface area is 219 Å². The van der Waals surface area contributed by atoms with Crippen molar-refractivity contribution in [2.45, 2.75) is 70.1 Å². The van der Waals surface area contributed by atoms with Crippen LogP contribution in [-0.4, -0.2) is 0 Å². The molecule has 0 spiro atoms. The molecule has 1 nitrogen and oxygen atoms in total. The first-order chi connectivity index (χ1) is 17.9. The van der Waals surface area contributed by atoms with E-state index < -0.39 is 0 Å². The SMILES string of the molecule is CC(C)(C)c1cc(-c2ccc(C34CC5CC(CC(C5)C3)C4)cc2)cc2c1oc1ccc3ccccc3c12. The Morgan fingerprint density at radius 2 is 1.38 bits per heavy atom. The van der Waals surface area contributed by atoms with E-state index in [0.29, 0.717) is 5.41 Å². The number of hydrogen-bond donors (Lipinski definition) is 0. The number of fused-ring (bicyclic) bond motifs is 5. The third kappa shape index (κ3) is 3.29. The predicted molar refractivity (Wildman–Crippen MR) is 155 cm³/mol. The molecule has 1 heterocycles. The van der Waals surface area contributed by atoms with E-state index in [4.69, 9.17) is 4.42 Å². The normalized spacial score (nSPS) is 27.1. The van der Waals surface area contributed by atoms with Gasteiger partial charge in [-0.15, -0.1) is 0 Å². The predicted octanol–water partition coefficient (Wildman–Crippen LogP) is 10.2. The molecule has 37 heavy (non-hydrogen) atoms. The lowest BCUT2D eigenvalue weighted by Gasteiger charge is -2.57. The van der Waals surface area contributed by atoms with Gasteiger partial charge < -0.3 is 4.42 Å². The van der Waals surface area contributed by atoms with E-state index in [2.05, 4.69) is 93.6 Å². The molecule has 4 fully saturated rings. The summed E-state index contributed by atoms with van der Waals surface area (Å²) in [5.41, 5.74) is 7.95. The molecule has 0 saturated heterocycles. The Kier molecular flexibility index (Phi) is 4.45. The van der Waals surface area contributed by atoms with Crippen LogP contribution in [0, 0.1) is 17.8 Å². The maximum absolute atomic E-state index is 6.57. The third-order valence-corrected chi connectivity index (χ3v) is 10.1. The zero-order valence-corrected chi connectivity index (χ0v) is 22.3. The largest absolute Gasteiger partial charge is 0.456 e. The van der Waals surface area contributed by atoms with Crippen molar-refractivity contribution in [2.75, 3.05) is 0 Å². The van der Waals surface area contributed by atoms with Crippen molar-refractivity contribution in [3.8, 4) is 11.1 Å². The Morgan fingerprint density at radius 3 is 2.05 bits per heavy atom. The van der Waals surface area contributed by atoms with Crippen molar-refractivity contribution < 1.29 is 4.42 Å². The average Bonchev–Trinajstić information content (AvgIpc) is 3.26. The van der Waals surface area contributed by atoms with Crippen LogP contribution >= 0.6 is 0 Å². The quantitative estimate of drug-likeness (QED) is 0.243. The molecular weight excluding hydrogens is 448 g/mol. The summed E-state index contributed by atoms with van der Waals surface area (Å²) in [6, 6.07) is 27.5. The highest BCUT2D eigenvalue weighted by atomic mass is 16.3. The van der Waals surface area contributed by atoms with Crippen LogP contribution < -0.4 is 0 Å². The summed E-state index contributed by atoms with van der Waals surface area (Å²) in [5.74, 6) is 2.94. The molecule has 9 rings (SSSR count). The van der Waals surface area contributed by atoms with Crippen LogP contribution in [0.5, 0.6) is 0 Å². The van der Waals surface area contributed by atoms with E-state index in [1.807, 2.05) is 0 Å². The van der Waals surface area contributed by atoms with Crippen molar-refractivity contribution >= 4 is 32.7 Å². The van der Waals surface area contributed by atoms with Gasteiger partial charge >= 0.3 is 0 Å². The highest BCUT2D eigenvalue weighted by Crippen LogP contribution is 2.60. The summed E-state index contributed by atoms with van der Waals surface area (Å²) >= 11 is 0. The van der Waals surface area contributed by atoms with Crippen molar-refractivity contribution in [3.63, 3.8) is 0 Å². The van der Waals surface area contributed by atoms with Crippen molar-refractivity contribution in [1.82, 2.24) is 0 Å². The Hall–Kier alpha value is -3.06. The van der Waals surface area contributed by atoms with Gasteiger partial charge in [0.05, 0.1) is 0 Å². The zero-order valence-electron chi connectivity index (χ0n) is 22.3. The van der Waals surface area contributed by atoms with Gasteiger partial charge in [-0.2, -0.15) is 0 Å². The van der Waals surface area contributed by atoms with Crippen LogP contribution in [-0.2, 0) is 10.8 Å². The molecule has 4 bridgehead atoms. The number of furan rings is 1. The van der Waals surface area contributed by atoms with Gasteiger partial charge in [-0.25, -0.2) is 0 Å². The molecule has 4 aromatic carbocycles. The van der Waals surface area contributed by atoms with Gasteiger partial charge in [0.25, 0.3) is 0 Å². The molecule has 0 radical (unpaired) electrons. The minimum Gasteiger partial charge on any atom is -0.456 e. The average molecular weight is 485 g/mol. The van der Waals surface area contributed by atoms with E-state index in [0.717, 1.165) is 28.9 Å². The molecule has 0 N–H and O–H groups in total. The second-order valence-electron chi connectivity index (χ2n) is 13.7. The summed E-state index contributed by atoms with van der Waals surface area (Å²) in [4.78, 5) is 0. The Bertz CT molecular complexity index is 1640. The van der Waals surface area contributed by atoms with Gasteiger partial charge in [-0.3, -0.25) is 0 Å². The Morgan fingerprint density at radius 1 is 0.703 bits per heavy atom. The molecule has 1 heteroatoms. The molecule has 4 saturated carbocycles. The first-order valence-corrected chi connectivity index (χ1v) is 14.4. The molecule has 0 unspecified atom stereocenters. The molecule has 4 aliphatic rings. The summed E-state index contributed by atoms with van der Waals surface area (Å²) in [7, 11) is 0. The van der Waals surface area contributed by atoms with E-state index in [9.17, 15) is 0 Å². The van der Waals surface area contributed by atoms with Crippen LogP contribution in [0.3, 0.4) is 0 Å². The second kappa shape index (κ2) is 7.50. The fourth-order valence-corrected chi connectivity index (χ4v) is 8.85. The smallest absolute Gasteiger partial charge is 0.139 e. The number of hydrogen-bond acceptors (Lipinski definition) is 1. The standard InChI is InChI=1S/C36H36O/c1-35(2,3)31-18-27(17-30-33-29-7-5-4-6-26(29)10-13-32(33)37-34(30)31)25-8-11-28(12-9-25)36-19-22-14-23(20-36)16-24(15-22)21-36/h4-13,17-18,22-24H,14-16,19-21H2,1-3H3. The molecule has 1 aromatic heterocycles. The monoisotopic (exact) mass is 484 g/mol. The van der Waals surface area contributed by atoms with Crippen molar-refractivity contribution in [2.24, 2.45) is 17.8 Å². The maximum atomic E-state index is 6.57. The van der Waals surface area contributed by atoms with Gasteiger partial charge in [0.2, 0.25) is 0 Å². The molecule has 0 amide bonds. The highest BCUT2D eigenvalue weighted by Gasteiger charge is 2.51. The molecule has 186 valence electrons. The molecule has 5 aromatic rings. The summed E-state index contributed by atoms with van der Waals surface area (Å²) in [6.07, 6.45) is 8.77. The third-order valence-electron chi connectivity index (χ3n) is 10.1. The van der Waals surface area contributed by atoms with Gasteiger partial charge in [0.15, 0.2) is 0 Å². The van der Waals surface area contributed by atoms with Crippen molar-refractivity contribution in [1.29, 1.82) is 0 Å². The van der Waals surface area contributed by atoms with Crippen LogP contribution in [0.15, 0.2) is 77.2 Å². The maximum Gasteiger partial charge on any atom is 0.139 e. The van der Waals surface area contributed by atoms with Crippen LogP contribution in [0.25, 0.3) is 43.8 Å². The number of benzene rings is 4. The lowest BCUT2D eigenvalue weighted by molar-refractivity contribution is -0.00518. The second-order valence-corrected chi connectivity index (χ2v) is 13.7. The lowest BCUT2D eigenvalue weighted by Crippen LogP contribution is -2.48. The van der Waals surface area contributed by atoms with Crippen LogP contribution in [0.4, 0.5) is 0 Å².